The third kappa shape index (κ3) is 2.47. The van der Waals surface area contributed by atoms with Gasteiger partial charge in [0.1, 0.15) is 23.9 Å². The van der Waals surface area contributed by atoms with Crippen molar-refractivity contribution in [2.45, 2.75) is 44.6 Å². The van der Waals surface area contributed by atoms with Crippen molar-refractivity contribution in [1.29, 1.82) is 0 Å². The maximum atomic E-state index is 10.6. The molecule has 130 valence electrons. The van der Waals surface area contributed by atoms with Crippen LogP contribution < -0.4 is 4.90 Å². The molecule has 0 spiro atoms. The third-order valence-electron chi connectivity index (χ3n) is 5.14. The number of fused-ring (bicyclic) bond motifs is 1. The van der Waals surface area contributed by atoms with Crippen molar-refractivity contribution in [2.75, 3.05) is 31.7 Å². The first kappa shape index (κ1) is 15.8. The number of rotatable bonds is 3. The van der Waals surface area contributed by atoms with Crippen molar-refractivity contribution in [1.82, 2.24) is 14.5 Å². The Labute approximate surface area is 141 Å². The summed E-state index contributed by atoms with van der Waals surface area (Å²) >= 11 is 0. The highest BCUT2D eigenvalue weighted by Crippen LogP contribution is 2.34. The van der Waals surface area contributed by atoms with Crippen LogP contribution in [0, 0.1) is 6.92 Å². The lowest BCUT2D eigenvalue weighted by molar-refractivity contribution is -0.215. The number of aliphatic hydroxyl groups is 1. The number of aliphatic hydroxyl groups excluding tert-OH is 1. The second kappa shape index (κ2) is 6.31. The van der Waals surface area contributed by atoms with E-state index < -0.39 is 12.4 Å². The highest BCUT2D eigenvalue weighted by molar-refractivity contribution is 5.89. The summed E-state index contributed by atoms with van der Waals surface area (Å²) < 4.78 is 12.9. The summed E-state index contributed by atoms with van der Waals surface area (Å²) in [6.45, 7) is 4.70. The standard InChI is InChI=1S/C17H24N4O3/c1-11-9-12-15(20-6-3-4-7-20)18-10-19-16(12)21(11)13-5-8-24-17(23-2)14(13)22/h9-10,13-14,17,22H,3-8H2,1-2H3/t13-,14+,17-/m0/s1. The van der Waals surface area contributed by atoms with Crippen LogP contribution in [0.15, 0.2) is 12.4 Å². The average Bonchev–Trinajstić information content (AvgIpc) is 3.22. The van der Waals surface area contributed by atoms with Gasteiger partial charge in [0, 0.05) is 25.9 Å². The highest BCUT2D eigenvalue weighted by Gasteiger charge is 2.36. The number of hydrogen-bond acceptors (Lipinski definition) is 6. The summed E-state index contributed by atoms with van der Waals surface area (Å²) in [5, 5.41) is 11.7. The molecule has 24 heavy (non-hydrogen) atoms. The second-order valence-electron chi connectivity index (χ2n) is 6.61. The molecule has 4 heterocycles. The van der Waals surface area contributed by atoms with Gasteiger partial charge >= 0.3 is 0 Å². The monoisotopic (exact) mass is 332 g/mol. The van der Waals surface area contributed by atoms with E-state index in [2.05, 4.69) is 32.4 Å². The molecule has 2 aromatic heterocycles. The van der Waals surface area contributed by atoms with Crippen molar-refractivity contribution in [3.05, 3.63) is 18.1 Å². The van der Waals surface area contributed by atoms with Crippen molar-refractivity contribution >= 4 is 16.9 Å². The summed E-state index contributed by atoms with van der Waals surface area (Å²) in [5.74, 6) is 1.00. The van der Waals surface area contributed by atoms with Crippen molar-refractivity contribution < 1.29 is 14.6 Å². The minimum Gasteiger partial charge on any atom is -0.386 e. The Balaban J connectivity index is 1.78. The van der Waals surface area contributed by atoms with E-state index >= 15 is 0 Å². The maximum absolute atomic E-state index is 10.6. The van der Waals surface area contributed by atoms with E-state index in [4.69, 9.17) is 9.47 Å². The predicted octanol–water partition coefficient (Wildman–Crippen LogP) is 1.63. The topological polar surface area (TPSA) is 72.6 Å². The molecular weight excluding hydrogens is 308 g/mol. The van der Waals surface area contributed by atoms with Gasteiger partial charge in [-0.15, -0.1) is 0 Å². The van der Waals surface area contributed by atoms with E-state index in [1.807, 2.05) is 0 Å². The Morgan fingerprint density at radius 2 is 2.08 bits per heavy atom. The molecule has 0 unspecified atom stereocenters. The van der Waals surface area contributed by atoms with Gasteiger partial charge < -0.3 is 24.0 Å². The first-order valence-electron chi connectivity index (χ1n) is 8.60. The molecule has 3 atom stereocenters. The Hall–Kier alpha value is -1.70. The van der Waals surface area contributed by atoms with Crippen molar-refractivity contribution in [3.63, 3.8) is 0 Å². The van der Waals surface area contributed by atoms with Crippen LogP contribution in [0.3, 0.4) is 0 Å². The van der Waals surface area contributed by atoms with E-state index in [0.717, 1.165) is 42.1 Å². The van der Waals surface area contributed by atoms with Crippen LogP contribution in [0.2, 0.25) is 0 Å². The van der Waals surface area contributed by atoms with Crippen molar-refractivity contribution in [3.8, 4) is 0 Å². The number of hydrogen-bond donors (Lipinski definition) is 1. The van der Waals surface area contributed by atoms with Crippen LogP contribution in [0.4, 0.5) is 5.82 Å². The molecule has 0 amide bonds. The number of ether oxygens (including phenoxy) is 2. The summed E-state index contributed by atoms with van der Waals surface area (Å²) in [5.41, 5.74) is 1.96. The predicted molar refractivity (Wildman–Crippen MR) is 90.1 cm³/mol. The van der Waals surface area contributed by atoms with Gasteiger partial charge in [0.25, 0.3) is 0 Å². The number of aromatic nitrogens is 3. The molecule has 7 heteroatoms. The Bertz CT molecular complexity index is 726. The summed E-state index contributed by atoms with van der Waals surface area (Å²) in [6.07, 6.45) is 3.46. The van der Waals surface area contributed by atoms with E-state index in [9.17, 15) is 5.11 Å². The fourth-order valence-electron chi connectivity index (χ4n) is 3.99. The van der Waals surface area contributed by atoms with Gasteiger partial charge in [-0.1, -0.05) is 0 Å². The largest absolute Gasteiger partial charge is 0.386 e. The molecule has 2 fully saturated rings. The van der Waals surface area contributed by atoms with Crippen LogP contribution >= 0.6 is 0 Å². The molecule has 0 aromatic carbocycles. The van der Waals surface area contributed by atoms with E-state index in [-0.39, 0.29) is 6.04 Å². The van der Waals surface area contributed by atoms with Crippen LogP contribution in [0.5, 0.6) is 0 Å². The van der Waals surface area contributed by atoms with Gasteiger partial charge in [-0.25, -0.2) is 9.97 Å². The Morgan fingerprint density at radius 3 is 2.83 bits per heavy atom. The molecule has 2 aromatic rings. The summed E-state index contributed by atoms with van der Waals surface area (Å²) in [7, 11) is 1.56. The molecule has 2 saturated heterocycles. The van der Waals surface area contributed by atoms with E-state index in [1.54, 1.807) is 13.4 Å². The molecule has 0 bridgehead atoms. The van der Waals surface area contributed by atoms with Gasteiger partial charge in [0.05, 0.1) is 18.0 Å². The van der Waals surface area contributed by atoms with Gasteiger partial charge in [0.2, 0.25) is 0 Å². The van der Waals surface area contributed by atoms with Crippen LogP contribution in [-0.2, 0) is 9.47 Å². The zero-order valence-electron chi connectivity index (χ0n) is 14.2. The molecule has 2 aliphatic heterocycles. The lowest BCUT2D eigenvalue weighted by Crippen LogP contribution is -2.43. The smallest absolute Gasteiger partial charge is 0.185 e. The number of aryl methyl sites for hydroxylation is 1. The number of anilines is 1. The first-order chi connectivity index (χ1) is 11.7. The zero-order valence-corrected chi connectivity index (χ0v) is 14.2. The lowest BCUT2D eigenvalue weighted by Gasteiger charge is -2.35. The molecule has 7 nitrogen and oxygen atoms in total. The quantitative estimate of drug-likeness (QED) is 0.921. The van der Waals surface area contributed by atoms with Gasteiger partial charge in [-0.3, -0.25) is 0 Å². The van der Waals surface area contributed by atoms with Gasteiger partial charge in [0.15, 0.2) is 6.29 Å². The van der Waals surface area contributed by atoms with E-state index in [0.29, 0.717) is 6.61 Å². The third-order valence-corrected chi connectivity index (χ3v) is 5.14. The Kier molecular flexibility index (Phi) is 4.15. The molecular formula is C17H24N4O3. The van der Waals surface area contributed by atoms with Crippen LogP contribution in [-0.4, -0.2) is 58.8 Å². The normalized spacial score (nSPS) is 28.0. The minimum atomic E-state index is -0.719. The molecule has 2 aliphatic rings. The molecule has 0 saturated carbocycles. The number of methoxy groups -OCH3 is 1. The summed E-state index contributed by atoms with van der Waals surface area (Å²) in [4.78, 5) is 11.4. The molecule has 0 aliphatic carbocycles. The lowest BCUT2D eigenvalue weighted by atomic mass is 10.0. The maximum Gasteiger partial charge on any atom is 0.185 e. The SMILES string of the molecule is CO[C@H]1OCC[C@H](n2c(C)cc3c(N4CCCC4)ncnc32)[C@H]1O. The first-order valence-corrected chi connectivity index (χ1v) is 8.60. The molecule has 4 rings (SSSR count). The fraction of sp³-hybridized carbons (Fsp3) is 0.647. The average molecular weight is 332 g/mol. The van der Waals surface area contributed by atoms with Gasteiger partial charge in [-0.05, 0) is 32.3 Å². The number of nitrogens with zero attached hydrogens (tertiary/aromatic N) is 4. The molecule has 0 radical (unpaired) electrons. The Morgan fingerprint density at radius 1 is 1.29 bits per heavy atom. The van der Waals surface area contributed by atoms with Gasteiger partial charge in [-0.2, -0.15) is 0 Å². The van der Waals surface area contributed by atoms with E-state index in [1.165, 1.54) is 12.8 Å². The molecule has 1 N–H and O–H groups in total. The van der Waals surface area contributed by atoms with Crippen LogP contribution in [0.1, 0.15) is 31.0 Å². The minimum absolute atomic E-state index is 0.109. The zero-order chi connectivity index (χ0) is 16.7. The van der Waals surface area contributed by atoms with Crippen molar-refractivity contribution in [2.24, 2.45) is 0 Å². The summed E-state index contributed by atoms with van der Waals surface area (Å²) in [6, 6.07) is 2.02. The highest BCUT2D eigenvalue weighted by atomic mass is 16.7. The van der Waals surface area contributed by atoms with Crippen LogP contribution in [0.25, 0.3) is 11.0 Å². The second-order valence-corrected chi connectivity index (χ2v) is 6.61. The fourth-order valence-corrected chi connectivity index (χ4v) is 3.99.